The van der Waals surface area contributed by atoms with E-state index in [1.165, 1.54) is 42.0 Å². The molecular formula is C51H34N4OS. The summed E-state index contributed by atoms with van der Waals surface area (Å²) in [5.74, 6) is 0.970. The second-order valence-electron chi connectivity index (χ2n) is 14.3. The van der Waals surface area contributed by atoms with Gasteiger partial charge in [0.25, 0.3) is 0 Å². The summed E-state index contributed by atoms with van der Waals surface area (Å²) in [4.78, 5) is 9.88. The minimum atomic E-state index is 0.385. The van der Waals surface area contributed by atoms with Gasteiger partial charge < -0.3 is 14.7 Å². The van der Waals surface area contributed by atoms with Crippen LogP contribution < -0.4 is 5.73 Å². The lowest BCUT2D eigenvalue weighted by Gasteiger charge is -2.08. The smallest absolute Gasteiger partial charge is 0.157 e. The summed E-state index contributed by atoms with van der Waals surface area (Å²) >= 11 is 1.82. The minimum absolute atomic E-state index is 0.385. The second-order valence-corrected chi connectivity index (χ2v) is 15.4. The number of para-hydroxylation sites is 3. The zero-order chi connectivity index (χ0) is 37.9. The maximum atomic E-state index is 6.89. The monoisotopic (exact) mass is 750 g/mol. The van der Waals surface area contributed by atoms with Crippen molar-refractivity contribution in [1.29, 1.82) is 0 Å². The summed E-state index contributed by atoms with van der Waals surface area (Å²) in [5, 5.41) is 6.95. The molecule has 6 heteroatoms. The fourth-order valence-electron chi connectivity index (χ4n) is 8.26. The van der Waals surface area contributed by atoms with E-state index in [4.69, 9.17) is 20.1 Å². The summed E-state index contributed by atoms with van der Waals surface area (Å²) in [5.41, 5.74) is 17.0. The summed E-state index contributed by atoms with van der Waals surface area (Å²) in [6.07, 6.45) is 0. The molecule has 0 aliphatic carbocycles. The van der Waals surface area contributed by atoms with E-state index in [-0.39, 0.29) is 0 Å². The number of amidine groups is 2. The number of fused-ring (bicyclic) bond motifs is 9. The van der Waals surface area contributed by atoms with E-state index in [0.29, 0.717) is 18.2 Å². The molecule has 0 spiro atoms. The number of furan rings is 1. The van der Waals surface area contributed by atoms with Gasteiger partial charge in [-0.2, -0.15) is 0 Å². The number of nitrogens with two attached hydrogens (primary N) is 1. The highest BCUT2D eigenvalue weighted by atomic mass is 32.1. The number of benzene rings is 8. The lowest BCUT2D eigenvalue weighted by molar-refractivity contribution is 0.670. The van der Waals surface area contributed by atoms with Gasteiger partial charge >= 0.3 is 0 Å². The van der Waals surface area contributed by atoms with Crippen LogP contribution >= 0.6 is 11.3 Å². The Labute approximate surface area is 332 Å². The average Bonchev–Trinajstić information content (AvgIpc) is 3.95. The summed E-state index contributed by atoms with van der Waals surface area (Å²) in [6, 6.07) is 63.5. The normalized spacial score (nSPS) is 12.6. The number of hydrogen-bond donors (Lipinski definition) is 1. The molecule has 8 aromatic carbocycles. The number of aliphatic imine (C=N–C) groups is 2. The molecule has 0 bridgehead atoms. The molecule has 11 aromatic rings. The summed E-state index contributed by atoms with van der Waals surface area (Å²) in [6.45, 7) is 0.497. The van der Waals surface area contributed by atoms with Crippen LogP contribution in [0.5, 0.6) is 0 Å². The van der Waals surface area contributed by atoms with Gasteiger partial charge in [-0.1, -0.05) is 140 Å². The Hall–Kier alpha value is -7.28. The number of aromatic nitrogens is 1. The first-order valence-corrected chi connectivity index (χ1v) is 19.9. The molecule has 2 N–H and O–H groups in total. The van der Waals surface area contributed by atoms with Crippen molar-refractivity contribution in [2.45, 2.75) is 6.54 Å². The predicted molar refractivity (Wildman–Crippen MR) is 240 cm³/mol. The molecule has 0 radical (unpaired) electrons. The third kappa shape index (κ3) is 5.61. The zero-order valence-corrected chi connectivity index (χ0v) is 31.6. The standard InChI is InChI=1S/C51H34N4OS/c52-50(54-51(33-15-5-2-6-16-33)53-31-32-13-3-1-4-14-32)41-21-12-24-45-48(41)40-20-11-19-36(49(40)56-45)34-25-27-39-42-30-35(26-28-46(42)57-47(39)29-34)55-43-22-9-7-17-37(43)38-18-8-10-23-44(38)55/h1-30H,31H2,(H2,52,53,54). The Morgan fingerprint density at radius 1 is 0.579 bits per heavy atom. The van der Waals surface area contributed by atoms with Crippen LogP contribution in [0.1, 0.15) is 16.7 Å². The molecule has 0 fully saturated rings. The molecule has 3 aromatic heterocycles. The maximum Gasteiger partial charge on any atom is 0.157 e. The molecule has 11 rings (SSSR count). The van der Waals surface area contributed by atoms with Crippen LogP contribution in [-0.2, 0) is 6.54 Å². The van der Waals surface area contributed by atoms with Gasteiger partial charge in [0.05, 0.1) is 17.6 Å². The van der Waals surface area contributed by atoms with Crippen LogP contribution in [0.25, 0.3) is 80.7 Å². The first kappa shape index (κ1) is 33.1. The number of rotatable bonds is 6. The van der Waals surface area contributed by atoms with Gasteiger partial charge in [0.1, 0.15) is 17.0 Å². The molecular weight excluding hydrogens is 717 g/mol. The van der Waals surface area contributed by atoms with Crippen molar-refractivity contribution in [3.63, 3.8) is 0 Å². The topological polar surface area (TPSA) is 68.8 Å². The molecule has 270 valence electrons. The summed E-state index contributed by atoms with van der Waals surface area (Å²) < 4.78 is 11.6. The zero-order valence-electron chi connectivity index (χ0n) is 30.8. The van der Waals surface area contributed by atoms with Gasteiger partial charge in [-0.15, -0.1) is 11.3 Å². The first-order chi connectivity index (χ1) is 28.2. The number of hydrogen-bond acceptors (Lipinski definition) is 3. The molecule has 0 saturated heterocycles. The third-order valence-corrected chi connectivity index (χ3v) is 12.0. The first-order valence-electron chi connectivity index (χ1n) is 19.1. The Balaban J connectivity index is 0.999. The van der Waals surface area contributed by atoms with Crippen LogP contribution in [0.4, 0.5) is 0 Å². The molecule has 57 heavy (non-hydrogen) atoms. The Bertz CT molecular complexity index is 3340. The molecule has 0 atom stereocenters. The molecule has 0 aliphatic rings. The van der Waals surface area contributed by atoms with Crippen molar-refractivity contribution >= 4 is 86.9 Å². The van der Waals surface area contributed by atoms with Gasteiger partial charge in [0.2, 0.25) is 0 Å². The number of nitrogens with zero attached hydrogens (tertiary/aromatic N) is 3. The third-order valence-electron chi connectivity index (χ3n) is 10.9. The van der Waals surface area contributed by atoms with E-state index in [2.05, 4.69) is 120 Å². The molecule has 5 nitrogen and oxygen atoms in total. The highest BCUT2D eigenvalue weighted by molar-refractivity contribution is 7.25. The van der Waals surface area contributed by atoms with Crippen LogP contribution in [0.15, 0.2) is 196 Å². The predicted octanol–water partition coefficient (Wildman–Crippen LogP) is 13.1. The van der Waals surface area contributed by atoms with Gasteiger partial charge in [-0.05, 0) is 53.6 Å². The largest absolute Gasteiger partial charge is 0.455 e. The molecule has 0 amide bonds. The second kappa shape index (κ2) is 13.5. The average molecular weight is 751 g/mol. The van der Waals surface area contributed by atoms with Crippen molar-refractivity contribution in [1.82, 2.24) is 4.57 Å². The van der Waals surface area contributed by atoms with Crippen molar-refractivity contribution in [2.75, 3.05) is 0 Å². The molecule has 0 saturated carbocycles. The highest BCUT2D eigenvalue weighted by Gasteiger charge is 2.19. The highest BCUT2D eigenvalue weighted by Crippen LogP contribution is 2.42. The van der Waals surface area contributed by atoms with Crippen LogP contribution in [0, 0.1) is 0 Å². The molecule has 0 unspecified atom stereocenters. The van der Waals surface area contributed by atoms with Gasteiger partial charge in [-0.25, -0.2) is 4.99 Å². The summed E-state index contributed by atoms with van der Waals surface area (Å²) in [7, 11) is 0. The van der Waals surface area contributed by atoms with Crippen molar-refractivity contribution in [2.24, 2.45) is 15.7 Å². The van der Waals surface area contributed by atoms with Crippen LogP contribution in [0.3, 0.4) is 0 Å². The van der Waals surface area contributed by atoms with Gasteiger partial charge in [0, 0.05) is 64.1 Å². The van der Waals surface area contributed by atoms with Crippen LogP contribution in [0.2, 0.25) is 0 Å². The van der Waals surface area contributed by atoms with Crippen molar-refractivity contribution in [3.05, 3.63) is 199 Å². The van der Waals surface area contributed by atoms with Crippen molar-refractivity contribution < 1.29 is 4.42 Å². The number of thiophene rings is 1. The lowest BCUT2D eigenvalue weighted by atomic mass is 9.99. The molecule has 3 heterocycles. The molecule has 0 aliphatic heterocycles. The van der Waals surface area contributed by atoms with E-state index in [9.17, 15) is 0 Å². The fraction of sp³-hybridized carbons (Fsp3) is 0.0196. The van der Waals surface area contributed by atoms with E-state index in [0.717, 1.165) is 55.4 Å². The maximum absolute atomic E-state index is 6.89. The van der Waals surface area contributed by atoms with E-state index < -0.39 is 0 Å². The Kier molecular flexibility index (Phi) is 7.83. The van der Waals surface area contributed by atoms with Crippen LogP contribution in [-0.4, -0.2) is 16.2 Å². The van der Waals surface area contributed by atoms with E-state index >= 15 is 0 Å². The minimum Gasteiger partial charge on any atom is -0.455 e. The van der Waals surface area contributed by atoms with E-state index in [1.807, 2.05) is 78.1 Å². The SMILES string of the molecule is N/C(=N\C(=N/Cc1ccccc1)c1ccccc1)c1cccc2oc3c(-c4ccc5c(c4)sc4ccc(-n6c7ccccc7c7ccccc76)cc45)cccc3c12. The van der Waals surface area contributed by atoms with Gasteiger partial charge in [0.15, 0.2) is 5.84 Å². The quantitative estimate of drug-likeness (QED) is 0.136. The Morgan fingerprint density at radius 3 is 2.07 bits per heavy atom. The lowest BCUT2D eigenvalue weighted by Crippen LogP contribution is -2.16. The van der Waals surface area contributed by atoms with E-state index in [1.54, 1.807) is 0 Å². The van der Waals surface area contributed by atoms with Gasteiger partial charge in [-0.3, -0.25) is 4.99 Å². The fourth-order valence-corrected chi connectivity index (χ4v) is 9.39. The Morgan fingerprint density at radius 2 is 1.28 bits per heavy atom. The van der Waals surface area contributed by atoms with Crippen molar-refractivity contribution in [3.8, 4) is 16.8 Å².